The number of amides is 1. The van der Waals surface area contributed by atoms with Gasteiger partial charge in [-0.1, -0.05) is 72.8 Å². The smallest absolute Gasteiger partial charge is 0.258 e. The zero-order chi connectivity index (χ0) is 17.7. The number of anilines is 1. The van der Waals surface area contributed by atoms with E-state index in [-0.39, 0.29) is 0 Å². The summed E-state index contributed by atoms with van der Waals surface area (Å²) in [7, 11) is 0. The highest BCUT2D eigenvalue weighted by Crippen LogP contribution is 2.30. The van der Waals surface area contributed by atoms with Gasteiger partial charge in [-0.2, -0.15) is 0 Å². The third-order valence-electron chi connectivity index (χ3n) is 4.19. The van der Waals surface area contributed by atoms with Crippen molar-refractivity contribution in [3.8, 4) is 0 Å². The van der Waals surface area contributed by atoms with Crippen molar-refractivity contribution in [2.45, 2.75) is 12.1 Å². The van der Waals surface area contributed by atoms with E-state index in [1.54, 1.807) is 36.4 Å². The number of aliphatic hydroxyl groups is 1. The minimum atomic E-state index is -1.85. The highest BCUT2D eigenvalue weighted by atomic mass is 16.3. The Bertz CT molecular complexity index is 833. The molecule has 1 atom stereocenters. The Morgan fingerprint density at radius 2 is 1.36 bits per heavy atom. The lowest BCUT2D eigenvalue weighted by atomic mass is 9.85. The second-order valence-electron chi connectivity index (χ2n) is 5.86. The Morgan fingerprint density at radius 3 is 1.92 bits per heavy atom. The SMILES string of the molecule is NC(=O)C(O)(c1ccccc1)c1ccc(NCc2ccccc2)cc1. The van der Waals surface area contributed by atoms with Gasteiger partial charge in [0, 0.05) is 12.2 Å². The van der Waals surface area contributed by atoms with Crippen molar-refractivity contribution in [3.05, 3.63) is 102 Å². The van der Waals surface area contributed by atoms with Crippen LogP contribution in [0.5, 0.6) is 0 Å². The van der Waals surface area contributed by atoms with E-state index in [0.29, 0.717) is 17.7 Å². The van der Waals surface area contributed by atoms with Crippen LogP contribution in [0.15, 0.2) is 84.9 Å². The third-order valence-corrected chi connectivity index (χ3v) is 4.19. The van der Waals surface area contributed by atoms with Crippen LogP contribution in [-0.2, 0) is 16.9 Å². The first-order chi connectivity index (χ1) is 12.1. The molecule has 0 bridgehead atoms. The molecule has 25 heavy (non-hydrogen) atoms. The summed E-state index contributed by atoms with van der Waals surface area (Å²) in [6.07, 6.45) is 0. The second-order valence-corrected chi connectivity index (χ2v) is 5.86. The van der Waals surface area contributed by atoms with Crippen molar-refractivity contribution in [3.63, 3.8) is 0 Å². The van der Waals surface area contributed by atoms with Crippen molar-refractivity contribution < 1.29 is 9.90 Å². The van der Waals surface area contributed by atoms with Gasteiger partial charge >= 0.3 is 0 Å². The van der Waals surface area contributed by atoms with E-state index in [1.807, 2.05) is 48.5 Å². The molecule has 0 saturated carbocycles. The van der Waals surface area contributed by atoms with Crippen LogP contribution in [0.3, 0.4) is 0 Å². The number of benzene rings is 3. The summed E-state index contributed by atoms with van der Waals surface area (Å²) in [6, 6.07) is 25.9. The standard InChI is InChI=1S/C21H20N2O2/c22-20(24)21(25,17-9-5-2-6-10-17)18-11-13-19(14-12-18)23-15-16-7-3-1-4-8-16/h1-14,23,25H,15H2,(H2,22,24). The molecule has 0 fully saturated rings. The minimum absolute atomic E-state index is 0.441. The average molecular weight is 332 g/mol. The molecule has 4 N–H and O–H groups in total. The van der Waals surface area contributed by atoms with Crippen LogP contribution in [0.1, 0.15) is 16.7 Å². The number of nitrogens with one attached hydrogen (secondary N) is 1. The summed E-state index contributed by atoms with van der Waals surface area (Å²) >= 11 is 0. The van der Waals surface area contributed by atoms with E-state index in [4.69, 9.17) is 5.73 Å². The molecule has 4 heteroatoms. The molecule has 1 amide bonds. The number of rotatable bonds is 6. The number of hydrogen-bond donors (Lipinski definition) is 3. The highest BCUT2D eigenvalue weighted by Gasteiger charge is 2.37. The first-order valence-corrected chi connectivity index (χ1v) is 8.07. The molecule has 0 aromatic heterocycles. The van der Waals surface area contributed by atoms with E-state index in [0.717, 1.165) is 5.69 Å². The van der Waals surface area contributed by atoms with Crippen molar-refractivity contribution in [1.29, 1.82) is 0 Å². The molecule has 3 rings (SSSR count). The molecule has 0 saturated heterocycles. The summed E-state index contributed by atoms with van der Waals surface area (Å²) in [4.78, 5) is 12.0. The van der Waals surface area contributed by atoms with Gasteiger partial charge in [-0.25, -0.2) is 0 Å². The molecule has 1 unspecified atom stereocenters. The van der Waals surface area contributed by atoms with Crippen LogP contribution in [-0.4, -0.2) is 11.0 Å². The first kappa shape index (κ1) is 16.7. The van der Waals surface area contributed by atoms with Gasteiger partial charge in [0.15, 0.2) is 5.60 Å². The summed E-state index contributed by atoms with van der Waals surface area (Å²) in [5.41, 5.74) is 6.61. The molecule has 0 aliphatic carbocycles. The summed E-state index contributed by atoms with van der Waals surface area (Å²) < 4.78 is 0. The van der Waals surface area contributed by atoms with Crippen LogP contribution in [0.25, 0.3) is 0 Å². The number of primary amides is 1. The molecule has 3 aromatic rings. The first-order valence-electron chi connectivity index (χ1n) is 8.07. The van der Waals surface area contributed by atoms with E-state index >= 15 is 0 Å². The highest BCUT2D eigenvalue weighted by molar-refractivity contribution is 5.88. The summed E-state index contributed by atoms with van der Waals surface area (Å²) in [5.74, 6) is -0.802. The molecule has 0 aliphatic heterocycles. The van der Waals surface area contributed by atoms with Gasteiger partial charge in [0.25, 0.3) is 5.91 Å². The lowest BCUT2D eigenvalue weighted by molar-refractivity contribution is -0.133. The van der Waals surface area contributed by atoms with Gasteiger partial charge in [0.05, 0.1) is 0 Å². The fraction of sp³-hybridized carbons (Fsp3) is 0.0952. The summed E-state index contributed by atoms with van der Waals surface area (Å²) in [5, 5.41) is 14.2. The van der Waals surface area contributed by atoms with Crippen LogP contribution < -0.4 is 11.1 Å². The molecule has 4 nitrogen and oxygen atoms in total. The molecule has 126 valence electrons. The molecule has 0 spiro atoms. The maximum absolute atomic E-state index is 12.0. The maximum atomic E-state index is 12.0. The van der Waals surface area contributed by atoms with Crippen LogP contribution in [0.2, 0.25) is 0 Å². The fourth-order valence-corrected chi connectivity index (χ4v) is 2.76. The predicted molar refractivity (Wildman–Crippen MR) is 98.8 cm³/mol. The lowest BCUT2D eigenvalue weighted by Gasteiger charge is -2.26. The van der Waals surface area contributed by atoms with E-state index in [1.165, 1.54) is 5.56 Å². The molecule has 3 aromatic carbocycles. The minimum Gasteiger partial charge on any atom is -0.381 e. The molecule has 0 aliphatic rings. The molecular weight excluding hydrogens is 312 g/mol. The second kappa shape index (κ2) is 7.20. The maximum Gasteiger partial charge on any atom is 0.258 e. The van der Waals surface area contributed by atoms with Crippen LogP contribution in [0.4, 0.5) is 5.69 Å². The van der Waals surface area contributed by atoms with E-state index in [2.05, 4.69) is 5.32 Å². The van der Waals surface area contributed by atoms with Gasteiger partial charge in [0.1, 0.15) is 0 Å². The van der Waals surface area contributed by atoms with Gasteiger partial charge in [-0.15, -0.1) is 0 Å². The van der Waals surface area contributed by atoms with Gasteiger partial charge in [0.2, 0.25) is 0 Å². The van der Waals surface area contributed by atoms with Crippen molar-refractivity contribution >= 4 is 11.6 Å². The van der Waals surface area contributed by atoms with Crippen molar-refractivity contribution in [1.82, 2.24) is 0 Å². The Balaban J connectivity index is 1.81. The Hall–Kier alpha value is -3.11. The largest absolute Gasteiger partial charge is 0.381 e. The number of carbonyl (C=O) groups excluding carboxylic acids is 1. The van der Waals surface area contributed by atoms with Crippen molar-refractivity contribution in [2.24, 2.45) is 5.73 Å². The molecule has 0 heterocycles. The van der Waals surface area contributed by atoms with Crippen LogP contribution >= 0.6 is 0 Å². The summed E-state index contributed by atoms with van der Waals surface area (Å²) in [6.45, 7) is 0.693. The van der Waals surface area contributed by atoms with Gasteiger partial charge in [-0.3, -0.25) is 4.79 Å². The van der Waals surface area contributed by atoms with Crippen molar-refractivity contribution in [2.75, 3.05) is 5.32 Å². The Labute approximate surface area is 146 Å². The number of hydrogen-bond acceptors (Lipinski definition) is 3. The topological polar surface area (TPSA) is 75.4 Å². The van der Waals surface area contributed by atoms with E-state index < -0.39 is 11.5 Å². The quantitative estimate of drug-likeness (QED) is 0.649. The lowest BCUT2D eigenvalue weighted by Crippen LogP contribution is -2.42. The third kappa shape index (κ3) is 3.54. The monoisotopic (exact) mass is 332 g/mol. The number of nitrogens with two attached hydrogens (primary N) is 1. The van der Waals surface area contributed by atoms with E-state index in [9.17, 15) is 9.90 Å². The van der Waals surface area contributed by atoms with Gasteiger partial charge < -0.3 is 16.2 Å². The zero-order valence-corrected chi connectivity index (χ0v) is 13.7. The zero-order valence-electron chi connectivity index (χ0n) is 13.7. The fourth-order valence-electron chi connectivity index (χ4n) is 2.76. The number of carbonyl (C=O) groups is 1. The molecule has 0 radical (unpaired) electrons. The average Bonchev–Trinajstić information content (AvgIpc) is 2.67. The predicted octanol–water partition coefficient (Wildman–Crippen LogP) is 3.02. The Kier molecular flexibility index (Phi) is 4.82. The van der Waals surface area contributed by atoms with Crippen LogP contribution in [0, 0.1) is 0 Å². The normalized spacial score (nSPS) is 13.0. The Morgan fingerprint density at radius 1 is 0.840 bits per heavy atom. The van der Waals surface area contributed by atoms with Gasteiger partial charge in [-0.05, 0) is 28.8 Å². The molecular formula is C21H20N2O2.